The molecule has 2 heterocycles. The number of aromatic nitrogens is 2. The first-order valence-electron chi connectivity index (χ1n) is 5.57. The highest BCUT2D eigenvalue weighted by Gasteiger charge is 2.13. The maximum atomic E-state index is 5.98. The Kier molecular flexibility index (Phi) is 3.00. The summed E-state index contributed by atoms with van der Waals surface area (Å²) in [7, 11) is 0. The summed E-state index contributed by atoms with van der Waals surface area (Å²) in [6.45, 7) is 2.02. The van der Waals surface area contributed by atoms with Gasteiger partial charge in [-0.1, -0.05) is 16.8 Å². The second-order valence-electron chi connectivity index (χ2n) is 4.13. The highest BCUT2D eigenvalue weighted by Crippen LogP contribution is 2.29. The van der Waals surface area contributed by atoms with Crippen molar-refractivity contribution in [3.63, 3.8) is 0 Å². The third kappa shape index (κ3) is 2.22. The number of benzene rings is 1. The fourth-order valence-electron chi connectivity index (χ4n) is 1.70. The zero-order valence-corrected chi connectivity index (χ0v) is 11.6. The molecule has 0 aliphatic carbocycles. The van der Waals surface area contributed by atoms with Crippen LogP contribution in [0.4, 0.5) is 5.69 Å². The van der Waals surface area contributed by atoms with E-state index in [-0.39, 0.29) is 0 Å². The molecule has 0 aliphatic heterocycles. The molecule has 3 aromatic rings. The molecule has 0 saturated carbocycles. The van der Waals surface area contributed by atoms with E-state index in [2.05, 4.69) is 10.1 Å². The van der Waals surface area contributed by atoms with Crippen molar-refractivity contribution >= 4 is 28.6 Å². The molecule has 0 spiro atoms. The first kappa shape index (κ1) is 12.2. The summed E-state index contributed by atoms with van der Waals surface area (Å²) >= 11 is 7.59. The number of thiophene rings is 1. The third-order valence-electron chi connectivity index (χ3n) is 2.77. The molecule has 0 aliphatic rings. The predicted octanol–water partition coefficient (Wildman–Crippen LogP) is 4.01. The van der Waals surface area contributed by atoms with Crippen molar-refractivity contribution in [2.24, 2.45) is 0 Å². The van der Waals surface area contributed by atoms with Crippen molar-refractivity contribution in [3.8, 4) is 22.8 Å². The lowest BCUT2D eigenvalue weighted by Crippen LogP contribution is -1.86. The topological polar surface area (TPSA) is 64.9 Å². The number of aryl methyl sites for hydroxylation is 1. The molecule has 96 valence electrons. The van der Waals surface area contributed by atoms with Gasteiger partial charge in [0, 0.05) is 16.5 Å². The molecule has 2 N–H and O–H groups in total. The first-order chi connectivity index (χ1) is 9.15. The molecule has 3 rings (SSSR count). The second-order valence-corrected chi connectivity index (χ2v) is 5.28. The third-order valence-corrected chi connectivity index (χ3v) is 3.96. The SMILES string of the molecule is Cc1cscc1-c1noc(-c2ccc(N)c(Cl)c2)n1. The Morgan fingerprint density at radius 3 is 2.84 bits per heavy atom. The van der Waals surface area contributed by atoms with Gasteiger partial charge in [-0.15, -0.1) is 0 Å². The van der Waals surface area contributed by atoms with E-state index in [1.54, 1.807) is 29.5 Å². The molecule has 2 aromatic heterocycles. The van der Waals surface area contributed by atoms with E-state index in [0.717, 1.165) is 16.7 Å². The largest absolute Gasteiger partial charge is 0.398 e. The van der Waals surface area contributed by atoms with E-state index in [4.69, 9.17) is 21.9 Å². The quantitative estimate of drug-likeness (QED) is 0.725. The lowest BCUT2D eigenvalue weighted by molar-refractivity contribution is 0.432. The second kappa shape index (κ2) is 4.68. The van der Waals surface area contributed by atoms with Crippen LogP contribution < -0.4 is 5.73 Å². The minimum Gasteiger partial charge on any atom is -0.398 e. The molecule has 19 heavy (non-hydrogen) atoms. The Hall–Kier alpha value is -1.85. The van der Waals surface area contributed by atoms with Gasteiger partial charge >= 0.3 is 0 Å². The van der Waals surface area contributed by atoms with Gasteiger partial charge in [-0.3, -0.25) is 0 Å². The fraction of sp³-hybridized carbons (Fsp3) is 0.0769. The Morgan fingerprint density at radius 2 is 2.16 bits per heavy atom. The number of anilines is 1. The van der Waals surface area contributed by atoms with E-state index in [1.807, 2.05) is 17.7 Å². The Bertz CT molecular complexity index is 735. The summed E-state index contributed by atoms with van der Waals surface area (Å²) in [6.07, 6.45) is 0. The van der Waals surface area contributed by atoms with Crippen LogP contribution in [-0.2, 0) is 0 Å². The van der Waals surface area contributed by atoms with E-state index in [0.29, 0.717) is 22.4 Å². The number of nitrogens with zero attached hydrogens (tertiary/aromatic N) is 2. The van der Waals surface area contributed by atoms with Gasteiger partial charge in [0.25, 0.3) is 5.89 Å². The highest BCUT2D eigenvalue weighted by atomic mass is 35.5. The van der Waals surface area contributed by atoms with Crippen LogP contribution in [0.15, 0.2) is 33.5 Å². The average Bonchev–Trinajstić information content (AvgIpc) is 3.01. The molecule has 0 saturated heterocycles. The molecule has 0 fully saturated rings. The van der Waals surface area contributed by atoms with E-state index >= 15 is 0 Å². The zero-order valence-electron chi connectivity index (χ0n) is 10.1. The van der Waals surface area contributed by atoms with Gasteiger partial charge < -0.3 is 10.3 Å². The maximum absolute atomic E-state index is 5.98. The number of hydrogen-bond donors (Lipinski definition) is 1. The van der Waals surface area contributed by atoms with E-state index < -0.39 is 0 Å². The Morgan fingerprint density at radius 1 is 1.32 bits per heavy atom. The lowest BCUT2D eigenvalue weighted by atomic mass is 10.2. The minimum absolute atomic E-state index is 0.433. The van der Waals surface area contributed by atoms with Crippen molar-refractivity contribution in [3.05, 3.63) is 39.5 Å². The smallest absolute Gasteiger partial charge is 0.258 e. The fourth-order valence-corrected chi connectivity index (χ4v) is 2.71. The van der Waals surface area contributed by atoms with Crippen LogP contribution >= 0.6 is 22.9 Å². The summed E-state index contributed by atoms with van der Waals surface area (Å²) in [5.41, 5.74) is 9.07. The molecular formula is C13H10ClN3OS. The van der Waals surface area contributed by atoms with Crippen LogP contribution in [0.25, 0.3) is 22.8 Å². The number of hydrogen-bond acceptors (Lipinski definition) is 5. The molecule has 0 atom stereocenters. The monoisotopic (exact) mass is 291 g/mol. The van der Waals surface area contributed by atoms with Crippen LogP contribution in [-0.4, -0.2) is 10.1 Å². The van der Waals surface area contributed by atoms with Gasteiger partial charge in [0.2, 0.25) is 5.82 Å². The maximum Gasteiger partial charge on any atom is 0.258 e. The Labute approximate surface area is 118 Å². The zero-order chi connectivity index (χ0) is 13.4. The number of rotatable bonds is 2. The Balaban J connectivity index is 2.01. The van der Waals surface area contributed by atoms with Crippen molar-refractivity contribution in [1.82, 2.24) is 10.1 Å². The van der Waals surface area contributed by atoms with Crippen LogP contribution in [0.1, 0.15) is 5.56 Å². The number of nitrogens with two attached hydrogens (primary N) is 1. The van der Waals surface area contributed by atoms with E-state index in [1.165, 1.54) is 0 Å². The van der Waals surface area contributed by atoms with Gasteiger partial charge in [0.05, 0.1) is 10.7 Å². The van der Waals surface area contributed by atoms with Gasteiger partial charge in [0.1, 0.15) is 0 Å². The van der Waals surface area contributed by atoms with Crippen molar-refractivity contribution < 1.29 is 4.52 Å². The first-order valence-corrected chi connectivity index (χ1v) is 6.89. The van der Waals surface area contributed by atoms with Crippen molar-refractivity contribution in [1.29, 1.82) is 0 Å². The van der Waals surface area contributed by atoms with Crippen LogP contribution in [0.5, 0.6) is 0 Å². The molecule has 0 amide bonds. The normalized spacial score (nSPS) is 10.8. The minimum atomic E-state index is 0.433. The lowest BCUT2D eigenvalue weighted by Gasteiger charge is -1.98. The van der Waals surface area contributed by atoms with Crippen LogP contribution in [0.2, 0.25) is 5.02 Å². The van der Waals surface area contributed by atoms with Crippen molar-refractivity contribution in [2.75, 3.05) is 5.73 Å². The standard InChI is InChI=1S/C13H10ClN3OS/c1-7-5-19-6-9(7)12-16-13(18-17-12)8-2-3-11(15)10(14)4-8/h2-6H,15H2,1H3. The van der Waals surface area contributed by atoms with Crippen molar-refractivity contribution in [2.45, 2.75) is 6.92 Å². The van der Waals surface area contributed by atoms with Crippen LogP contribution in [0.3, 0.4) is 0 Å². The van der Waals surface area contributed by atoms with Gasteiger partial charge in [-0.05, 0) is 36.1 Å². The van der Waals surface area contributed by atoms with Gasteiger partial charge in [-0.2, -0.15) is 16.3 Å². The van der Waals surface area contributed by atoms with Gasteiger partial charge in [-0.25, -0.2) is 0 Å². The van der Waals surface area contributed by atoms with E-state index in [9.17, 15) is 0 Å². The predicted molar refractivity (Wildman–Crippen MR) is 77.2 cm³/mol. The number of halogens is 1. The molecule has 0 bridgehead atoms. The summed E-state index contributed by atoms with van der Waals surface area (Å²) in [4.78, 5) is 4.38. The molecule has 6 heteroatoms. The number of nitrogen functional groups attached to an aromatic ring is 1. The summed E-state index contributed by atoms with van der Waals surface area (Å²) < 4.78 is 5.27. The highest BCUT2D eigenvalue weighted by molar-refractivity contribution is 7.08. The molecule has 1 aromatic carbocycles. The molecule has 0 unspecified atom stereocenters. The van der Waals surface area contributed by atoms with Crippen LogP contribution in [0, 0.1) is 6.92 Å². The summed E-state index contributed by atoms with van der Waals surface area (Å²) in [6, 6.07) is 5.24. The molecular weight excluding hydrogens is 282 g/mol. The summed E-state index contributed by atoms with van der Waals surface area (Å²) in [5.74, 6) is 1.02. The summed E-state index contributed by atoms with van der Waals surface area (Å²) in [5, 5.41) is 8.52. The molecule has 0 radical (unpaired) electrons. The van der Waals surface area contributed by atoms with Gasteiger partial charge in [0.15, 0.2) is 0 Å². The molecule has 4 nitrogen and oxygen atoms in total. The average molecular weight is 292 g/mol.